The molecule has 0 saturated carbocycles. The first-order valence-corrected chi connectivity index (χ1v) is 8.66. The van der Waals surface area contributed by atoms with Crippen molar-refractivity contribution >= 4 is 11.7 Å². The fraction of sp³-hybridized carbons (Fsp3) is 0.588. The number of nitro groups is 1. The first-order chi connectivity index (χ1) is 12.1. The molecule has 2 amide bonds. The van der Waals surface area contributed by atoms with Gasteiger partial charge < -0.3 is 14.5 Å². The van der Waals surface area contributed by atoms with Crippen LogP contribution in [-0.4, -0.2) is 78.1 Å². The summed E-state index contributed by atoms with van der Waals surface area (Å²) in [4.78, 5) is 29.1. The average Bonchev–Trinajstić information content (AvgIpc) is 2.67. The zero-order chi connectivity index (χ0) is 17.8. The van der Waals surface area contributed by atoms with Gasteiger partial charge in [-0.2, -0.15) is 0 Å². The third-order valence-corrected chi connectivity index (χ3v) is 4.98. The van der Waals surface area contributed by atoms with Crippen LogP contribution in [0.5, 0.6) is 0 Å². The molecular weight excluding hydrogens is 324 g/mol. The first kappa shape index (κ1) is 17.6. The third kappa shape index (κ3) is 4.08. The summed E-state index contributed by atoms with van der Waals surface area (Å²) in [5, 5.41) is 11.0. The molecule has 0 unspecified atom stereocenters. The number of piperazine rings is 1. The number of non-ortho nitro benzene ring substituents is 1. The van der Waals surface area contributed by atoms with Crippen molar-refractivity contribution < 1.29 is 14.5 Å². The van der Waals surface area contributed by atoms with Gasteiger partial charge in [-0.15, -0.1) is 0 Å². The Morgan fingerprint density at radius 1 is 1.12 bits per heavy atom. The number of benzene rings is 1. The number of carbonyl (C=O) groups is 1. The zero-order valence-corrected chi connectivity index (χ0v) is 14.5. The van der Waals surface area contributed by atoms with Crippen LogP contribution >= 0.6 is 0 Å². The van der Waals surface area contributed by atoms with E-state index in [1.807, 2.05) is 15.9 Å². The van der Waals surface area contributed by atoms with E-state index in [-0.39, 0.29) is 22.7 Å². The summed E-state index contributed by atoms with van der Waals surface area (Å²) in [5.41, 5.74) is 1.05. The van der Waals surface area contributed by atoms with Gasteiger partial charge in [0.25, 0.3) is 5.69 Å². The Morgan fingerprint density at radius 2 is 1.76 bits per heavy atom. The van der Waals surface area contributed by atoms with Crippen LogP contribution in [0.4, 0.5) is 10.5 Å². The Kier molecular flexibility index (Phi) is 5.50. The van der Waals surface area contributed by atoms with Crippen molar-refractivity contribution in [1.82, 2.24) is 14.7 Å². The molecule has 0 radical (unpaired) electrons. The fourth-order valence-corrected chi connectivity index (χ4v) is 3.36. The molecule has 136 valence electrons. The molecular formula is C17H24N4O4. The van der Waals surface area contributed by atoms with Gasteiger partial charge in [-0.1, -0.05) is 12.1 Å². The second-order valence-electron chi connectivity index (χ2n) is 6.43. The standard InChI is InChI=1S/C17H24N4O4/c1-14(15-3-2-4-16(13-15)21(23)24)18-5-7-19(8-6-18)17(22)20-9-11-25-12-10-20/h2-4,13-14H,5-12H2,1H3/t14-/m1/s1. The quantitative estimate of drug-likeness (QED) is 0.614. The number of morpholine rings is 1. The second kappa shape index (κ2) is 7.79. The minimum atomic E-state index is -0.366. The number of urea groups is 1. The SMILES string of the molecule is C[C@H](c1cccc([N+](=O)[O-])c1)N1CCN(C(=O)N2CCOCC2)CC1. The van der Waals surface area contributed by atoms with Crippen LogP contribution in [-0.2, 0) is 4.74 Å². The van der Waals surface area contributed by atoms with Gasteiger partial charge in [-0.3, -0.25) is 15.0 Å². The average molecular weight is 348 g/mol. The molecule has 0 bridgehead atoms. The summed E-state index contributed by atoms with van der Waals surface area (Å²) >= 11 is 0. The maximum absolute atomic E-state index is 12.5. The highest BCUT2D eigenvalue weighted by molar-refractivity contribution is 5.74. The summed E-state index contributed by atoms with van der Waals surface area (Å²) in [6, 6.07) is 6.96. The highest BCUT2D eigenvalue weighted by atomic mass is 16.6. The van der Waals surface area contributed by atoms with E-state index in [1.165, 1.54) is 6.07 Å². The van der Waals surface area contributed by atoms with E-state index in [2.05, 4.69) is 11.8 Å². The number of nitrogens with zero attached hydrogens (tertiary/aromatic N) is 4. The Hall–Kier alpha value is -2.19. The Morgan fingerprint density at radius 3 is 2.40 bits per heavy atom. The van der Waals surface area contributed by atoms with E-state index in [0.717, 1.165) is 18.7 Å². The van der Waals surface area contributed by atoms with Gasteiger partial charge in [0, 0.05) is 57.4 Å². The van der Waals surface area contributed by atoms with Crippen molar-refractivity contribution in [3.05, 3.63) is 39.9 Å². The predicted molar refractivity (Wildman–Crippen MR) is 92.4 cm³/mol. The molecule has 2 aliphatic rings. The van der Waals surface area contributed by atoms with E-state index in [1.54, 1.807) is 12.1 Å². The van der Waals surface area contributed by atoms with Crippen LogP contribution in [0.1, 0.15) is 18.5 Å². The molecule has 8 nitrogen and oxygen atoms in total. The number of hydrogen-bond acceptors (Lipinski definition) is 5. The minimum Gasteiger partial charge on any atom is -0.378 e. The molecule has 3 rings (SSSR count). The predicted octanol–water partition coefficient (Wildman–Crippen LogP) is 1.73. The van der Waals surface area contributed by atoms with Crippen molar-refractivity contribution in [3.8, 4) is 0 Å². The molecule has 0 aromatic heterocycles. The lowest BCUT2D eigenvalue weighted by Crippen LogP contribution is -2.55. The summed E-state index contributed by atoms with van der Waals surface area (Å²) in [5.74, 6) is 0. The highest BCUT2D eigenvalue weighted by Gasteiger charge is 2.28. The number of hydrogen-bond donors (Lipinski definition) is 0. The van der Waals surface area contributed by atoms with Gasteiger partial charge >= 0.3 is 6.03 Å². The molecule has 2 heterocycles. The van der Waals surface area contributed by atoms with Crippen LogP contribution in [0.3, 0.4) is 0 Å². The van der Waals surface area contributed by atoms with E-state index in [9.17, 15) is 14.9 Å². The molecule has 25 heavy (non-hydrogen) atoms. The largest absolute Gasteiger partial charge is 0.378 e. The number of ether oxygens (including phenoxy) is 1. The Balaban J connectivity index is 1.57. The van der Waals surface area contributed by atoms with Crippen LogP contribution in [0.15, 0.2) is 24.3 Å². The van der Waals surface area contributed by atoms with Crippen LogP contribution in [0, 0.1) is 10.1 Å². The summed E-state index contributed by atoms with van der Waals surface area (Å²) in [6.07, 6.45) is 0. The number of amides is 2. The van der Waals surface area contributed by atoms with Gasteiger partial charge in [0.05, 0.1) is 18.1 Å². The number of carbonyl (C=O) groups excluding carboxylic acids is 1. The van der Waals surface area contributed by atoms with Gasteiger partial charge in [-0.25, -0.2) is 4.79 Å². The van der Waals surface area contributed by atoms with E-state index in [4.69, 9.17) is 4.74 Å². The molecule has 1 atom stereocenters. The summed E-state index contributed by atoms with van der Waals surface area (Å²) in [7, 11) is 0. The van der Waals surface area contributed by atoms with Gasteiger partial charge in [0.2, 0.25) is 0 Å². The van der Waals surface area contributed by atoms with Gasteiger partial charge in [0.15, 0.2) is 0 Å². The van der Waals surface area contributed by atoms with Crippen LogP contribution in [0.25, 0.3) is 0 Å². The monoisotopic (exact) mass is 348 g/mol. The van der Waals surface area contributed by atoms with Crippen LogP contribution < -0.4 is 0 Å². The van der Waals surface area contributed by atoms with E-state index < -0.39 is 0 Å². The highest BCUT2D eigenvalue weighted by Crippen LogP contribution is 2.25. The first-order valence-electron chi connectivity index (χ1n) is 8.66. The maximum Gasteiger partial charge on any atom is 0.320 e. The molecule has 2 fully saturated rings. The molecule has 0 N–H and O–H groups in total. The van der Waals surface area contributed by atoms with Crippen molar-refractivity contribution in [2.75, 3.05) is 52.5 Å². The summed E-state index contributed by atoms with van der Waals surface area (Å²) in [6.45, 7) is 7.46. The lowest BCUT2D eigenvalue weighted by molar-refractivity contribution is -0.385. The van der Waals surface area contributed by atoms with Crippen molar-refractivity contribution in [2.45, 2.75) is 13.0 Å². The second-order valence-corrected chi connectivity index (χ2v) is 6.43. The molecule has 1 aromatic carbocycles. The zero-order valence-electron chi connectivity index (χ0n) is 14.5. The molecule has 0 aliphatic carbocycles. The molecule has 8 heteroatoms. The minimum absolute atomic E-state index is 0.0838. The Bertz CT molecular complexity index is 625. The van der Waals surface area contributed by atoms with Gasteiger partial charge in [-0.05, 0) is 12.5 Å². The molecule has 2 aliphatic heterocycles. The lowest BCUT2D eigenvalue weighted by atomic mass is 10.1. The number of rotatable bonds is 3. The topological polar surface area (TPSA) is 79.2 Å². The number of nitro benzene ring substituents is 1. The molecule has 2 saturated heterocycles. The van der Waals surface area contributed by atoms with Crippen LogP contribution in [0.2, 0.25) is 0 Å². The van der Waals surface area contributed by atoms with Crippen molar-refractivity contribution in [3.63, 3.8) is 0 Å². The normalized spacial score (nSPS) is 20.4. The van der Waals surface area contributed by atoms with E-state index in [0.29, 0.717) is 39.4 Å². The summed E-state index contributed by atoms with van der Waals surface area (Å²) < 4.78 is 5.29. The third-order valence-electron chi connectivity index (χ3n) is 4.98. The van der Waals surface area contributed by atoms with Crippen molar-refractivity contribution in [2.24, 2.45) is 0 Å². The lowest BCUT2D eigenvalue weighted by Gasteiger charge is -2.40. The molecule has 1 aromatic rings. The van der Waals surface area contributed by atoms with Gasteiger partial charge in [0.1, 0.15) is 0 Å². The smallest absolute Gasteiger partial charge is 0.320 e. The maximum atomic E-state index is 12.5. The van der Waals surface area contributed by atoms with Crippen molar-refractivity contribution in [1.29, 1.82) is 0 Å². The fourth-order valence-electron chi connectivity index (χ4n) is 3.36. The van der Waals surface area contributed by atoms with E-state index >= 15 is 0 Å². The molecule has 0 spiro atoms. The Labute approximate surface area is 147 Å².